The summed E-state index contributed by atoms with van der Waals surface area (Å²) in [6, 6.07) is 22.7. The van der Waals surface area contributed by atoms with Gasteiger partial charge in [0.1, 0.15) is 60.4 Å². The molecule has 8 aromatic rings. The van der Waals surface area contributed by atoms with E-state index in [1.807, 2.05) is 70.2 Å². The standard InChI is InChI=1S/C81H104ClN23O12/c1-45(2)36-60(69(109)92-59(17-10-11-34-87-46(3)4)77(117)105-35-13-18-66(105)74(114)88-47(5)68(83)108)93-72(112)63(39-50-22-29-57(30-23-50)90-80-98-78(84)100-102-80)96-75(115)67(42-51-24-31-58(32-25-51)91-81-99-79(85)101-103-81)104(7)76(116)65(44-106)97-73(113)64(41-53-14-12-33-86-43-53)95-71(111)62(38-49-20-27-56(82)28-21-49)94-70(110)61(89-48(6)107)40-52-19-26-54-15-8-9-16-55(54)37-52/h8-9,12,14-16,19-33,37,43,45-47,59-67,87,106H,10-11,13,17-18,34-36,38-42,44H2,1-7H3,(H2,83,108)(H,88,114)(H,89,107)(H,92,109)(H,93,112)(H,94,110)(H,95,111)(H,96,115)(H,97,113)(H4,84,90,98,100,102)(H4,85,91,99,101,103). The Balaban J connectivity index is 1.02. The number of likely N-dealkylation sites (N-methyl/N-ethyl adjacent to an activating group) is 1. The number of nitrogens with two attached hydrogens (primary N) is 3. The number of unbranched alkanes of at least 4 members (excludes halogenated alkanes) is 1. The second-order valence-electron chi connectivity index (χ2n) is 29.7. The minimum absolute atomic E-state index is 0.0145. The molecule has 35 nitrogen and oxygen atoms in total. The summed E-state index contributed by atoms with van der Waals surface area (Å²) in [5, 5.41) is 58.2. The Bertz CT molecular complexity index is 4720. The van der Waals surface area contributed by atoms with Gasteiger partial charge in [-0.25, -0.2) is 10.2 Å². The molecule has 10 atom stereocenters. The van der Waals surface area contributed by atoms with Gasteiger partial charge in [-0.05, 0) is 139 Å². The van der Waals surface area contributed by atoms with E-state index < -0.39 is 132 Å². The molecule has 622 valence electrons. The average Bonchev–Trinajstić information content (AvgIpc) is 1.44. The van der Waals surface area contributed by atoms with E-state index >= 15 is 28.8 Å². The van der Waals surface area contributed by atoms with E-state index in [0.29, 0.717) is 70.0 Å². The number of likely N-dealkylation sites (tertiary alicyclic amines) is 1. The number of halogens is 1. The number of carbonyl (C=O) groups excluding carboxylic acids is 11. The third-order valence-corrected chi connectivity index (χ3v) is 19.9. The molecule has 5 aromatic carbocycles. The Morgan fingerprint density at radius 1 is 0.564 bits per heavy atom. The quantitative estimate of drug-likeness (QED) is 0.0245. The summed E-state index contributed by atoms with van der Waals surface area (Å²) in [4.78, 5) is 174. The van der Waals surface area contributed by atoms with Crippen LogP contribution < -0.4 is 75.7 Å². The van der Waals surface area contributed by atoms with E-state index in [1.54, 1.807) is 84.9 Å². The molecule has 1 aliphatic rings. The van der Waals surface area contributed by atoms with Crippen LogP contribution in [-0.4, -0.2) is 208 Å². The third kappa shape index (κ3) is 26.7. The van der Waals surface area contributed by atoms with Gasteiger partial charge in [-0.1, -0.05) is 124 Å². The van der Waals surface area contributed by atoms with Gasteiger partial charge in [-0.3, -0.25) is 57.7 Å². The number of nitrogens with zero attached hydrogens (tertiary/aromatic N) is 7. The average molecular weight is 1630 g/mol. The lowest BCUT2D eigenvalue weighted by atomic mass is 9.99. The van der Waals surface area contributed by atoms with Gasteiger partial charge in [0.2, 0.25) is 88.8 Å². The number of benzene rings is 5. The minimum Gasteiger partial charge on any atom is -0.394 e. The Kier molecular flexibility index (Phi) is 32.2. The van der Waals surface area contributed by atoms with Crippen molar-refractivity contribution in [1.82, 2.24) is 93.0 Å². The van der Waals surface area contributed by atoms with Gasteiger partial charge in [-0.15, -0.1) is 10.2 Å². The maximum atomic E-state index is 15.7. The molecule has 1 saturated heterocycles. The number of aliphatic hydroxyl groups is 1. The number of pyridine rings is 1. The van der Waals surface area contributed by atoms with Crippen LogP contribution in [0, 0.1) is 5.92 Å². The van der Waals surface area contributed by atoms with Crippen molar-refractivity contribution in [3.8, 4) is 0 Å². The van der Waals surface area contributed by atoms with Crippen molar-refractivity contribution < 1.29 is 57.8 Å². The van der Waals surface area contributed by atoms with Crippen molar-refractivity contribution in [1.29, 1.82) is 0 Å². The molecular formula is C81H104ClN23O12. The number of hydrogen-bond acceptors (Lipinski definition) is 22. The van der Waals surface area contributed by atoms with Crippen molar-refractivity contribution >= 4 is 123 Å². The first-order chi connectivity index (χ1) is 55.9. The topological polar surface area (TPSA) is 521 Å². The molecule has 20 N–H and O–H groups in total. The van der Waals surface area contributed by atoms with Crippen LogP contribution in [0.4, 0.5) is 35.2 Å². The maximum absolute atomic E-state index is 15.7. The highest BCUT2D eigenvalue weighted by molar-refractivity contribution is 6.30. The summed E-state index contributed by atoms with van der Waals surface area (Å²) in [5.41, 5.74) is 20.7. The van der Waals surface area contributed by atoms with Crippen LogP contribution in [-0.2, 0) is 84.8 Å². The molecule has 4 heterocycles. The molecular weight excluding hydrogens is 1520 g/mol. The number of aromatic amines is 2. The van der Waals surface area contributed by atoms with E-state index in [2.05, 4.69) is 93.8 Å². The lowest BCUT2D eigenvalue weighted by molar-refractivity contribution is -0.144. The maximum Gasteiger partial charge on any atom is 0.247 e. The Morgan fingerprint density at radius 2 is 1.06 bits per heavy atom. The number of fused-ring (bicyclic) bond motifs is 1. The molecule has 9 rings (SSSR count). The third-order valence-electron chi connectivity index (χ3n) is 19.6. The molecule has 0 saturated carbocycles. The van der Waals surface area contributed by atoms with Crippen molar-refractivity contribution in [2.24, 2.45) is 11.7 Å². The van der Waals surface area contributed by atoms with Gasteiger partial charge in [-0.2, -0.15) is 9.97 Å². The molecule has 0 bridgehead atoms. The zero-order valence-corrected chi connectivity index (χ0v) is 67.0. The number of rotatable bonds is 42. The molecule has 3 aromatic heterocycles. The van der Waals surface area contributed by atoms with Crippen molar-refractivity contribution in [3.63, 3.8) is 0 Å². The monoisotopic (exact) mass is 1630 g/mol. The van der Waals surface area contributed by atoms with Gasteiger partial charge in [0, 0.05) is 87.5 Å². The number of nitrogen functional groups attached to an aromatic ring is 2. The van der Waals surface area contributed by atoms with E-state index in [4.69, 9.17) is 28.8 Å². The van der Waals surface area contributed by atoms with Gasteiger partial charge >= 0.3 is 0 Å². The largest absolute Gasteiger partial charge is 0.394 e. The van der Waals surface area contributed by atoms with Gasteiger partial charge in [0.05, 0.1) is 6.61 Å². The fourth-order valence-electron chi connectivity index (χ4n) is 13.5. The van der Waals surface area contributed by atoms with Crippen LogP contribution in [0.5, 0.6) is 0 Å². The molecule has 0 radical (unpaired) electrons. The lowest BCUT2D eigenvalue weighted by Crippen LogP contribution is -2.62. The molecule has 11 amide bonds. The molecule has 36 heteroatoms. The van der Waals surface area contributed by atoms with E-state index in [9.17, 15) is 29.1 Å². The number of anilines is 6. The zero-order valence-electron chi connectivity index (χ0n) is 66.3. The van der Waals surface area contributed by atoms with Crippen LogP contribution >= 0.6 is 11.6 Å². The van der Waals surface area contributed by atoms with Gasteiger partial charge in [0.15, 0.2) is 0 Å². The zero-order chi connectivity index (χ0) is 84.4. The molecule has 117 heavy (non-hydrogen) atoms. The number of nitrogens with one attached hydrogen (secondary N) is 13. The van der Waals surface area contributed by atoms with Gasteiger partial charge in [0.25, 0.3) is 0 Å². The molecule has 0 aliphatic carbocycles. The highest BCUT2D eigenvalue weighted by atomic mass is 35.5. The van der Waals surface area contributed by atoms with Gasteiger partial charge < -0.3 is 90.6 Å². The number of aromatic nitrogens is 7. The Morgan fingerprint density at radius 3 is 1.58 bits per heavy atom. The first-order valence-electron chi connectivity index (χ1n) is 38.7. The smallest absolute Gasteiger partial charge is 0.247 e. The summed E-state index contributed by atoms with van der Waals surface area (Å²) in [6.07, 6.45) is 4.01. The Hall–Kier alpha value is -12.6. The number of H-pyrrole nitrogens is 2. The summed E-state index contributed by atoms with van der Waals surface area (Å²) in [5.74, 6) is -8.45. The molecule has 10 unspecified atom stereocenters. The Labute approximate surface area is 681 Å². The highest BCUT2D eigenvalue weighted by Crippen LogP contribution is 2.25. The number of primary amides is 1. The summed E-state index contributed by atoms with van der Waals surface area (Å²) in [6.45, 7) is 10.0. The SMILES string of the molecule is CC(=O)NC(Cc1ccc2ccccc2c1)C(=O)NC(Cc1ccc(Cl)cc1)C(=O)NC(Cc1cccnc1)C(=O)NC(CO)C(=O)N(C)C(Cc1ccc(Nc2nc(N)n[nH]2)cc1)C(=O)NC(Cc1ccc(Nc2nc(N)n[nH]2)cc1)C(=O)NC(CC(C)C)C(=O)NC(CCCCNC(C)C)C(=O)N1CCCC1C(=O)NC(C)C(N)=O. The highest BCUT2D eigenvalue weighted by Gasteiger charge is 2.41. The van der Waals surface area contributed by atoms with Crippen molar-refractivity contribution in [3.05, 3.63) is 173 Å². The van der Waals surface area contributed by atoms with Crippen LogP contribution in [0.15, 0.2) is 140 Å². The molecule has 0 spiro atoms. The van der Waals surface area contributed by atoms with Crippen LogP contribution in [0.3, 0.4) is 0 Å². The second kappa shape index (κ2) is 42.7. The predicted octanol–water partition coefficient (Wildman–Crippen LogP) is 2.72. The predicted molar refractivity (Wildman–Crippen MR) is 440 cm³/mol. The van der Waals surface area contributed by atoms with E-state index in [1.165, 1.54) is 38.2 Å². The summed E-state index contributed by atoms with van der Waals surface area (Å²) in [7, 11) is 1.27. The normalized spacial score (nSPS) is 14.9. The van der Waals surface area contributed by atoms with Crippen molar-refractivity contribution in [2.75, 3.05) is 48.8 Å². The molecule has 1 aliphatic heterocycles. The first kappa shape index (κ1) is 88.3. The fourth-order valence-corrected chi connectivity index (χ4v) is 13.6. The summed E-state index contributed by atoms with van der Waals surface area (Å²) >= 11 is 6.29. The first-order valence-corrected chi connectivity index (χ1v) is 39.1. The lowest BCUT2D eigenvalue weighted by Gasteiger charge is -2.33. The number of hydrogen-bond donors (Lipinski definition) is 17. The van der Waals surface area contributed by atoms with Crippen LogP contribution in [0.1, 0.15) is 108 Å². The fraction of sp³-hybridized carbons (Fsp3) is 0.407. The number of aliphatic hydroxyl groups excluding tert-OH is 1. The van der Waals surface area contributed by atoms with E-state index in [-0.39, 0.29) is 93.7 Å². The second-order valence-corrected chi connectivity index (χ2v) is 30.2. The number of carbonyl (C=O) groups is 11. The molecule has 1 fully saturated rings. The van der Waals surface area contributed by atoms with Crippen LogP contribution in [0.2, 0.25) is 5.02 Å². The summed E-state index contributed by atoms with van der Waals surface area (Å²) < 4.78 is 0. The van der Waals surface area contributed by atoms with Crippen LogP contribution in [0.25, 0.3) is 10.8 Å². The van der Waals surface area contributed by atoms with Crippen molar-refractivity contribution in [2.45, 2.75) is 179 Å². The number of amides is 11. The van der Waals surface area contributed by atoms with E-state index in [0.717, 1.165) is 15.7 Å². The minimum atomic E-state index is -1.84.